The zero-order valence-corrected chi connectivity index (χ0v) is 16.4. The van der Waals surface area contributed by atoms with Crippen molar-refractivity contribution in [3.63, 3.8) is 0 Å². The van der Waals surface area contributed by atoms with Gasteiger partial charge in [0.15, 0.2) is 11.5 Å². The molecule has 0 spiro atoms. The van der Waals surface area contributed by atoms with Crippen LogP contribution in [0.4, 0.5) is 5.69 Å². The van der Waals surface area contributed by atoms with E-state index in [9.17, 15) is 4.79 Å². The monoisotopic (exact) mass is 403 g/mol. The lowest BCUT2D eigenvalue weighted by Gasteiger charge is -2.26. The number of anilines is 1. The van der Waals surface area contributed by atoms with Gasteiger partial charge in [0.05, 0.1) is 26.9 Å². The highest BCUT2D eigenvalue weighted by Gasteiger charge is 2.30. The average molecular weight is 404 g/mol. The Morgan fingerprint density at radius 3 is 2.79 bits per heavy atom. The maximum absolute atomic E-state index is 12.7. The van der Waals surface area contributed by atoms with Crippen LogP contribution in [0, 0.1) is 0 Å². The molecule has 1 aromatic carbocycles. The minimum absolute atomic E-state index is 0.166. The Kier molecular flexibility index (Phi) is 5.66. The maximum atomic E-state index is 12.7. The summed E-state index contributed by atoms with van der Waals surface area (Å²) in [6.45, 7) is 5.24. The molecular formula is C20H22ClN3O4. The van der Waals surface area contributed by atoms with Crippen LogP contribution in [0.1, 0.15) is 16.1 Å². The first-order valence-electron chi connectivity index (χ1n) is 9.24. The van der Waals surface area contributed by atoms with E-state index in [1.807, 2.05) is 24.3 Å². The number of pyridine rings is 1. The fourth-order valence-corrected chi connectivity index (χ4v) is 3.56. The van der Waals surface area contributed by atoms with Gasteiger partial charge in [0, 0.05) is 37.0 Å². The van der Waals surface area contributed by atoms with Gasteiger partial charge in [-0.2, -0.15) is 0 Å². The van der Waals surface area contributed by atoms with E-state index in [0.29, 0.717) is 35.5 Å². The smallest absolute Gasteiger partial charge is 0.277 e. The summed E-state index contributed by atoms with van der Waals surface area (Å²) in [5.74, 6) is 1.08. The first-order valence-corrected chi connectivity index (χ1v) is 9.62. The minimum Gasteiger partial charge on any atom is -0.493 e. The summed E-state index contributed by atoms with van der Waals surface area (Å²) >= 11 is 5.93. The van der Waals surface area contributed by atoms with Crippen LogP contribution in [0.25, 0.3) is 0 Å². The van der Waals surface area contributed by atoms with Gasteiger partial charge in [-0.3, -0.25) is 9.69 Å². The number of morpholine rings is 1. The summed E-state index contributed by atoms with van der Waals surface area (Å²) < 4.78 is 16.8. The molecule has 1 saturated heterocycles. The largest absolute Gasteiger partial charge is 0.493 e. The highest BCUT2D eigenvalue weighted by atomic mass is 35.5. The molecule has 4 rings (SSSR count). The van der Waals surface area contributed by atoms with Crippen LogP contribution in [-0.4, -0.2) is 62.4 Å². The molecule has 0 radical (unpaired) electrons. The number of carbonyl (C=O) groups excluding carboxylic acids is 1. The maximum Gasteiger partial charge on any atom is 0.277 e. The number of fused-ring (bicyclic) bond motifs is 1. The van der Waals surface area contributed by atoms with Gasteiger partial charge in [0.25, 0.3) is 5.91 Å². The molecule has 8 heteroatoms. The van der Waals surface area contributed by atoms with E-state index < -0.39 is 0 Å². The summed E-state index contributed by atoms with van der Waals surface area (Å²) in [6.07, 6.45) is 0. The van der Waals surface area contributed by atoms with Crippen molar-refractivity contribution in [3.8, 4) is 11.5 Å². The molecule has 0 bridgehead atoms. The lowest BCUT2D eigenvalue weighted by atomic mass is 10.2. The van der Waals surface area contributed by atoms with Gasteiger partial charge in [0.1, 0.15) is 17.5 Å². The molecule has 1 aromatic heterocycles. The third kappa shape index (κ3) is 3.92. The predicted octanol–water partition coefficient (Wildman–Crippen LogP) is 2.62. The number of ether oxygens (including phenoxy) is 3. The number of methoxy groups -OCH3 is 1. The predicted molar refractivity (Wildman–Crippen MR) is 106 cm³/mol. The van der Waals surface area contributed by atoms with Crippen LogP contribution < -0.4 is 14.4 Å². The van der Waals surface area contributed by atoms with Crippen molar-refractivity contribution in [2.45, 2.75) is 6.54 Å². The second kappa shape index (κ2) is 8.34. The van der Waals surface area contributed by atoms with Gasteiger partial charge in [0.2, 0.25) is 0 Å². The molecule has 148 valence electrons. The Balaban J connectivity index is 1.44. The van der Waals surface area contributed by atoms with E-state index in [-0.39, 0.29) is 5.91 Å². The number of hydrogen-bond donors (Lipinski definition) is 0. The second-order valence-corrected chi connectivity index (χ2v) is 7.06. The number of hydrogen-bond acceptors (Lipinski definition) is 6. The molecule has 0 unspecified atom stereocenters. The van der Waals surface area contributed by atoms with Crippen LogP contribution >= 0.6 is 11.6 Å². The molecule has 0 aliphatic carbocycles. The fourth-order valence-electron chi connectivity index (χ4n) is 3.41. The molecule has 0 atom stereocenters. The highest BCUT2D eigenvalue weighted by Crippen LogP contribution is 2.35. The van der Waals surface area contributed by atoms with Crippen LogP contribution in [0.3, 0.4) is 0 Å². The van der Waals surface area contributed by atoms with E-state index >= 15 is 0 Å². The van der Waals surface area contributed by atoms with Crippen LogP contribution in [0.2, 0.25) is 5.15 Å². The van der Waals surface area contributed by atoms with Crippen molar-refractivity contribution in [3.05, 3.63) is 46.7 Å². The van der Waals surface area contributed by atoms with E-state index in [0.717, 1.165) is 44.1 Å². The number of nitrogens with zero attached hydrogens (tertiary/aromatic N) is 3. The SMILES string of the molecule is COc1cc(N2Cc3ccc(Cl)nc3C2=O)ccc1OCCN1CCOCC1. The molecule has 2 aliphatic heterocycles. The molecule has 7 nitrogen and oxygen atoms in total. The summed E-state index contributed by atoms with van der Waals surface area (Å²) in [6, 6.07) is 9.05. The Morgan fingerprint density at radius 1 is 1.18 bits per heavy atom. The molecule has 28 heavy (non-hydrogen) atoms. The van der Waals surface area contributed by atoms with E-state index in [1.54, 1.807) is 18.1 Å². The van der Waals surface area contributed by atoms with Crippen LogP contribution in [0.15, 0.2) is 30.3 Å². The lowest BCUT2D eigenvalue weighted by Crippen LogP contribution is -2.38. The van der Waals surface area contributed by atoms with Crippen molar-refractivity contribution in [2.24, 2.45) is 0 Å². The Bertz CT molecular complexity index is 871. The Labute approximate surface area is 168 Å². The summed E-state index contributed by atoms with van der Waals surface area (Å²) in [4.78, 5) is 20.8. The highest BCUT2D eigenvalue weighted by molar-refractivity contribution is 6.29. The van der Waals surface area contributed by atoms with Crippen LogP contribution in [-0.2, 0) is 11.3 Å². The number of carbonyl (C=O) groups is 1. The quantitative estimate of drug-likeness (QED) is 0.691. The third-order valence-corrected chi connectivity index (χ3v) is 5.16. The summed E-state index contributed by atoms with van der Waals surface area (Å²) in [7, 11) is 1.59. The first kappa shape index (κ1) is 19.0. The van der Waals surface area contributed by atoms with E-state index in [2.05, 4.69) is 9.88 Å². The van der Waals surface area contributed by atoms with Gasteiger partial charge in [-0.15, -0.1) is 0 Å². The molecule has 1 fully saturated rings. The molecule has 2 aliphatic rings. The number of halogens is 1. The number of amides is 1. The van der Waals surface area contributed by atoms with Gasteiger partial charge >= 0.3 is 0 Å². The van der Waals surface area contributed by atoms with Gasteiger partial charge in [-0.05, 0) is 18.2 Å². The topological polar surface area (TPSA) is 64.1 Å². The fraction of sp³-hybridized carbons (Fsp3) is 0.400. The standard InChI is InChI=1S/C20H22ClN3O4/c1-26-17-12-15(24-13-14-2-5-18(21)22-19(14)20(24)25)3-4-16(17)28-11-8-23-6-9-27-10-7-23/h2-5,12H,6-11,13H2,1H3. The van der Waals surface area contributed by atoms with Crippen molar-refractivity contribution >= 4 is 23.2 Å². The second-order valence-electron chi connectivity index (χ2n) is 6.67. The lowest BCUT2D eigenvalue weighted by molar-refractivity contribution is 0.0321. The first-order chi connectivity index (χ1) is 13.7. The minimum atomic E-state index is -0.166. The van der Waals surface area contributed by atoms with Gasteiger partial charge in [-0.25, -0.2) is 4.98 Å². The van der Waals surface area contributed by atoms with Gasteiger partial charge in [-0.1, -0.05) is 17.7 Å². The Hall–Kier alpha value is -2.35. The molecule has 0 saturated carbocycles. The third-order valence-electron chi connectivity index (χ3n) is 4.95. The molecule has 1 amide bonds. The molecular weight excluding hydrogens is 382 g/mol. The number of rotatable bonds is 6. The van der Waals surface area contributed by atoms with E-state index in [4.69, 9.17) is 25.8 Å². The van der Waals surface area contributed by atoms with Crippen molar-refractivity contribution in [1.29, 1.82) is 0 Å². The zero-order chi connectivity index (χ0) is 19.5. The van der Waals surface area contributed by atoms with E-state index in [1.165, 1.54) is 0 Å². The number of aromatic nitrogens is 1. The van der Waals surface area contributed by atoms with Gasteiger partial charge < -0.3 is 19.1 Å². The summed E-state index contributed by atoms with van der Waals surface area (Å²) in [5.41, 5.74) is 1.99. The Morgan fingerprint density at radius 2 is 2.00 bits per heavy atom. The molecule has 2 aromatic rings. The zero-order valence-electron chi connectivity index (χ0n) is 15.7. The van der Waals surface area contributed by atoms with Crippen molar-refractivity contribution < 1.29 is 19.0 Å². The normalized spacial score (nSPS) is 16.9. The van der Waals surface area contributed by atoms with Crippen molar-refractivity contribution in [2.75, 3.05) is 51.5 Å². The molecule has 3 heterocycles. The van der Waals surface area contributed by atoms with Crippen molar-refractivity contribution in [1.82, 2.24) is 9.88 Å². The number of benzene rings is 1. The molecule has 0 N–H and O–H groups in total. The average Bonchev–Trinajstić information content (AvgIpc) is 3.05. The summed E-state index contributed by atoms with van der Waals surface area (Å²) in [5, 5.41) is 0.315. The van der Waals surface area contributed by atoms with Crippen LogP contribution in [0.5, 0.6) is 11.5 Å².